The van der Waals surface area contributed by atoms with Gasteiger partial charge in [0, 0.05) is 5.56 Å². The normalized spacial score (nSPS) is 11.5. The van der Waals surface area contributed by atoms with E-state index in [1.165, 1.54) is 18.2 Å². The zero-order valence-corrected chi connectivity index (χ0v) is 15.4. The van der Waals surface area contributed by atoms with Gasteiger partial charge in [-0.05, 0) is 55.2 Å². The number of rotatable bonds is 6. The van der Waals surface area contributed by atoms with E-state index in [0.29, 0.717) is 17.0 Å². The summed E-state index contributed by atoms with van der Waals surface area (Å²) in [5.41, 5.74) is 5.19. The SMILES string of the molecule is C/C(=N\NC(=O)COc1cc(C)ccc1C(C)C)c1cc(O)ccc1O. The standard InChI is InChI=1S/C20H24N2O4/c1-12(2)16-7-5-13(3)9-19(16)26-11-20(25)22-21-14(4)17-10-15(23)6-8-18(17)24/h5-10,12,23-24H,11H2,1-4H3,(H,22,25)/b21-14+. The number of nitrogens with one attached hydrogen (secondary N) is 1. The molecule has 0 atom stereocenters. The van der Waals surface area contributed by atoms with Crippen molar-refractivity contribution in [2.24, 2.45) is 5.10 Å². The Morgan fingerprint density at radius 3 is 2.62 bits per heavy atom. The molecule has 0 radical (unpaired) electrons. The lowest BCUT2D eigenvalue weighted by Gasteiger charge is -2.14. The molecule has 0 bridgehead atoms. The number of aromatic hydroxyl groups is 2. The molecule has 2 rings (SSSR count). The molecule has 0 spiro atoms. The van der Waals surface area contributed by atoms with Crippen LogP contribution in [0.5, 0.6) is 17.2 Å². The highest BCUT2D eigenvalue weighted by Gasteiger charge is 2.11. The van der Waals surface area contributed by atoms with E-state index >= 15 is 0 Å². The fourth-order valence-corrected chi connectivity index (χ4v) is 2.44. The van der Waals surface area contributed by atoms with Crippen molar-refractivity contribution in [3.05, 3.63) is 53.1 Å². The Bertz CT molecular complexity index is 829. The van der Waals surface area contributed by atoms with Gasteiger partial charge in [-0.3, -0.25) is 4.79 Å². The third-order valence-electron chi connectivity index (χ3n) is 3.87. The summed E-state index contributed by atoms with van der Waals surface area (Å²) in [5, 5.41) is 23.2. The van der Waals surface area contributed by atoms with Crippen LogP contribution in [0.4, 0.5) is 0 Å². The first-order valence-corrected chi connectivity index (χ1v) is 8.36. The van der Waals surface area contributed by atoms with Crippen molar-refractivity contribution in [1.29, 1.82) is 0 Å². The van der Waals surface area contributed by atoms with Crippen LogP contribution in [0.25, 0.3) is 0 Å². The van der Waals surface area contributed by atoms with Crippen LogP contribution < -0.4 is 10.2 Å². The van der Waals surface area contributed by atoms with Crippen LogP contribution in [0.3, 0.4) is 0 Å². The molecule has 26 heavy (non-hydrogen) atoms. The molecule has 0 aliphatic carbocycles. The highest BCUT2D eigenvalue weighted by atomic mass is 16.5. The van der Waals surface area contributed by atoms with Crippen LogP contribution >= 0.6 is 0 Å². The number of hydrogen-bond donors (Lipinski definition) is 3. The minimum atomic E-state index is -0.416. The number of phenolic OH excluding ortho intramolecular Hbond substituents is 2. The van der Waals surface area contributed by atoms with Gasteiger partial charge in [-0.15, -0.1) is 0 Å². The molecule has 3 N–H and O–H groups in total. The minimum absolute atomic E-state index is 0.00247. The van der Waals surface area contributed by atoms with Gasteiger partial charge in [0.2, 0.25) is 0 Å². The number of carbonyl (C=O) groups excluding carboxylic acids is 1. The molecule has 0 heterocycles. The molecule has 0 aromatic heterocycles. The lowest BCUT2D eigenvalue weighted by molar-refractivity contribution is -0.123. The lowest BCUT2D eigenvalue weighted by Crippen LogP contribution is -2.26. The Kier molecular flexibility index (Phi) is 6.22. The topological polar surface area (TPSA) is 91.2 Å². The fourth-order valence-electron chi connectivity index (χ4n) is 2.44. The van der Waals surface area contributed by atoms with E-state index in [0.717, 1.165) is 11.1 Å². The number of hydrogen-bond acceptors (Lipinski definition) is 5. The van der Waals surface area contributed by atoms with E-state index in [1.54, 1.807) is 6.92 Å². The van der Waals surface area contributed by atoms with Gasteiger partial charge < -0.3 is 14.9 Å². The second kappa shape index (κ2) is 8.38. The number of ether oxygens (including phenoxy) is 1. The number of amides is 1. The molecule has 0 aliphatic rings. The number of nitrogens with zero attached hydrogens (tertiary/aromatic N) is 1. The van der Waals surface area contributed by atoms with Gasteiger partial charge in [-0.25, -0.2) is 5.43 Å². The first-order valence-electron chi connectivity index (χ1n) is 8.36. The number of benzene rings is 2. The first-order chi connectivity index (χ1) is 12.3. The second-order valence-corrected chi connectivity index (χ2v) is 6.42. The summed E-state index contributed by atoms with van der Waals surface area (Å²) in [7, 11) is 0. The van der Waals surface area contributed by atoms with Crippen molar-refractivity contribution in [3.8, 4) is 17.2 Å². The van der Waals surface area contributed by atoms with E-state index < -0.39 is 5.91 Å². The van der Waals surface area contributed by atoms with Crippen LogP contribution in [0.1, 0.15) is 43.4 Å². The third kappa shape index (κ3) is 4.99. The van der Waals surface area contributed by atoms with Crippen LogP contribution in [0.2, 0.25) is 0 Å². The van der Waals surface area contributed by atoms with E-state index in [9.17, 15) is 15.0 Å². The molecule has 0 saturated heterocycles. The molecule has 6 heteroatoms. The average molecular weight is 356 g/mol. The molecule has 0 unspecified atom stereocenters. The molecular weight excluding hydrogens is 332 g/mol. The van der Waals surface area contributed by atoms with Gasteiger partial charge in [0.15, 0.2) is 6.61 Å². The molecule has 0 fully saturated rings. The van der Waals surface area contributed by atoms with Crippen molar-refractivity contribution in [1.82, 2.24) is 5.43 Å². The predicted molar refractivity (Wildman–Crippen MR) is 101 cm³/mol. The Balaban J connectivity index is 2.01. The van der Waals surface area contributed by atoms with E-state index in [-0.39, 0.29) is 24.0 Å². The molecule has 138 valence electrons. The number of phenols is 2. The summed E-state index contributed by atoms with van der Waals surface area (Å²) in [6.45, 7) is 7.53. The average Bonchev–Trinajstić information content (AvgIpc) is 2.59. The zero-order valence-electron chi connectivity index (χ0n) is 15.4. The quantitative estimate of drug-likeness (QED) is 0.420. The second-order valence-electron chi connectivity index (χ2n) is 6.42. The van der Waals surface area contributed by atoms with Gasteiger partial charge in [0.05, 0.1) is 5.71 Å². The summed E-state index contributed by atoms with van der Waals surface area (Å²) >= 11 is 0. The highest BCUT2D eigenvalue weighted by Crippen LogP contribution is 2.27. The molecule has 1 amide bonds. The third-order valence-corrected chi connectivity index (χ3v) is 3.87. The Hall–Kier alpha value is -3.02. The smallest absolute Gasteiger partial charge is 0.277 e. The van der Waals surface area contributed by atoms with Crippen LogP contribution in [0, 0.1) is 6.92 Å². The number of aryl methyl sites for hydroxylation is 1. The zero-order chi connectivity index (χ0) is 19.3. The van der Waals surface area contributed by atoms with Crippen LogP contribution in [-0.2, 0) is 4.79 Å². The van der Waals surface area contributed by atoms with Crippen LogP contribution in [0.15, 0.2) is 41.5 Å². The maximum atomic E-state index is 12.0. The van der Waals surface area contributed by atoms with Gasteiger partial charge in [0.25, 0.3) is 5.91 Å². The Morgan fingerprint density at radius 1 is 1.19 bits per heavy atom. The molecule has 2 aromatic carbocycles. The van der Waals surface area contributed by atoms with Crippen molar-refractivity contribution in [2.45, 2.75) is 33.6 Å². The summed E-state index contributed by atoms with van der Waals surface area (Å²) in [6, 6.07) is 10.0. The summed E-state index contributed by atoms with van der Waals surface area (Å²) < 4.78 is 5.65. The Morgan fingerprint density at radius 2 is 1.92 bits per heavy atom. The monoisotopic (exact) mass is 356 g/mol. The largest absolute Gasteiger partial charge is 0.508 e. The maximum absolute atomic E-state index is 12.0. The number of carbonyl (C=O) groups is 1. The van der Waals surface area contributed by atoms with Crippen molar-refractivity contribution < 1.29 is 19.7 Å². The van der Waals surface area contributed by atoms with Crippen molar-refractivity contribution >= 4 is 11.6 Å². The van der Waals surface area contributed by atoms with Crippen LogP contribution in [-0.4, -0.2) is 28.4 Å². The predicted octanol–water partition coefficient (Wildman–Crippen LogP) is 3.45. The van der Waals surface area contributed by atoms with Crippen molar-refractivity contribution in [3.63, 3.8) is 0 Å². The van der Waals surface area contributed by atoms with Gasteiger partial charge in [0.1, 0.15) is 17.2 Å². The molecule has 2 aromatic rings. The Labute approximate surface area is 153 Å². The summed E-state index contributed by atoms with van der Waals surface area (Å²) in [6.07, 6.45) is 0. The molecule has 0 aliphatic heterocycles. The van der Waals surface area contributed by atoms with E-state index in [2.05, 4.69) is 24.4 Å². The summed E-state index contributed by atoms with van der Waals surface area (Å²) in [4.78, 5) is 12.0. The minimum Gasteiger partial charge on any atom is -0.508 e. The van der Waals surface area contributed by atoms with E-state index in [4.69, 9.17) is 4.74 Å². The van der Waals surface area contributed by atoms with E-state index in [1.807, 2.05) is 25.1 Å². The fraction of sp³-hybridized carbons (Fsp3) is 0.300. The lowest BCUT2D eigenvalue weighted by atomic mass is 10.0. The van der Waals surface area contributed by atoms with Gasteiger partial charge in [-0.2, -0.15) is 5.10 Å². The summed E-state index contributed by atoms with van der Waals surface area (Å²) in [5.74, 6) is 0.517. The number of hydrazone groups is 1. The first kappa shape index (κ1) is 19.3. The molecule has 6 nitrogen and oxygen atoms in total. The van der Waals surface area contributed by atoms with Gasteiger partial charge >= 0.3 is 0 Å². The molecule has 0 saturated carbocycles. The molecular formula is C20H24N2O4. The highest BCUT2D eigenvalue weighted by molar-refractivity contribution is 6.01. The van der Waals surface area contributed by atoms with Crippen molar-refractivity contribution in [2.75, 3.05) is 6.61 Å². The van der Waals surface area contributed by atoms with Gasteiger partial charge in [-0.1, -0.05) is 26.0 Å². The maximum Gasteiger partial charge on any atom is 0.277 e.